The summed E-state index contributed by atoms with van der Waals surface area (Å²) in [7, 11) is 0. The highest BCUT2D eigenvalue weighted by Crippen LogP contribution is 2.19. The minimum atomic E-state index is -0.393. The number of aryl methyl sites for hydroxylation is 2. The second-order valence-electron chi connectivity index (χ2n) is 4.98. The number of furan rings is 1. The van der Waals surface area contributed by atoms with Gasteiger partial charge in [-0.25, -0.2) is 4.79 Å². The Labute approximate surface area is 120 Å². The van der Waals surface area contributed by atoms with Gasteiger partial charge in [-0.05, 0) is 37.6 Å². The first kappa shape index (κ1) is 13.4. The predicted molar refractivity (Wildman–Crippen MR) is 77.6 cm³/mol. The van der Waals surface area contributed by atoms with E-state index < -0.39 is 5.76 Å². The van der Waals surface area contributed by atoms with Gasteiger partial charge >= 0.3 is 5.76 Å². The second-order valence-corrected chi connectivity index (χ2v) is 4.98. The van der Waals surface area contributed by atoms with Crippen LogP contribution in [-0.4, -0.2) is 10.4 Å². The minimum absolute atomic E-state index is 0.153. The molecule has 0 bridgehead atoms. The molecule has 0 aliphatic rings. The lowest BCUT2D eigenvalue weighted by Gasteiger charge is -2.00. The van der Waals surface area contributed by atoms with Crippen LogP contribution in [0.5, 0.6) is 0 Å². The Hall–Kier alpha value is -2.56. The van der Waals surface area contributed by atoms with Gasteiger partial charge in [-0.2, -0.15) is 0 Å². The molecular formula is C16H15NO4. The first-order chi connectivity index (χ1) is 10.1. The molecule has 0 amide bonds. The number of nitrogens with zero attached hydrogens (tertiary/aromatic N) is 1. The Kier molecular flexibility index (Phi) is 3.25. The second kappa shape index (κ2) is 5.09. The molecule has 0 aliphatic carbocycles. The Morgan fingerprint density at radius 2 is 2.05 bits per heavy atom. The van der Waals surface area contributed by atoms with Gasteiger partial charge in [-0.15, -0.1) is 0 Å². The lowest BCUT2D eigenvalue weighted by molar-refractivity contribution is 0.103. The molecule has 2 aromatic heterocycles. The molecule has 0 radical (unpaired) electrons. The molecule has 21 heavy (non-hydrogen) atoms. The van der Waals surface area contributed by atoms with Gasteiger partial charge in [-0.3, -0.25) is 9.36 Å². The summed E-state index contributed by atoms with van der Waals surface area (Å²) in [6.45, 7) is 4.37. The van der Waals surface area contributed by atoms with E-state index in [-0.39, 0.29) is 5.78 Å². The van der Waals surface area contributed by atoms with Crippen LogP contribution in [0.25, 0.3) is 11.1 Å². The number of carbonyl (C=O) groups is 1. The largest absolute Gasteiger partial charge is 0.469 e. The van der Waals surface area contributed by atoms with E-state index >= 15 is 0 Å². The summed E-state index contributed by atoms with van der Waals surface area (Å²) in [6, 6.07) is 6.74. The maximum absolute atomic E-state index is 12.3. The van der Waals surface area contributed by atoms with Crippen LogP contribution in [0.2, 0.25) is 0 Å². The van der Waals surface area contributed by atoms with Gasteiger partial charge in [0.05, 0.1) is 11.1 Å². The monoisotopic (exact) mass is 285 g/mol. The summed E-state index contributed by atoms with van der Waals surface area (Å²) in [6.07, 6.45) is 2.27. The molecule has 0 spiro atoms. The predicted octanol–water partition coefficient (Wildman–Crippen LogP) is 3.14. The van der Waals surface area contributed by atoms with E-state index in [0.717, 1.165) is 6.42 Å². The normalized spacial score (nSPS) is 11.1. The Morgan fingerprint density at radius 3 is 2.71 bits per heavy atom. The van der Waals surface area contributed by atoms with Crippen molar-refractivity contribution in [2.45, 2.75) is 26.8 Å². The Morgan fingerprint density at radius 1 is 1.24 bits per heavy atom. The number of carbonyl (C=O) groups excluding carboxylic acids is 1. The van der Waals surface area contributed by atoms with Gasteiger partial charge in [0.1, 0.15) is 12.0 Å². The van der Waals surface area contributed by atoms with Crippen molar-refractivity contribution in [1.82, 2.24) is 4.57 Å². The van der Waals surface area contributed by atoms with E-state index in [2.05, 4.69) is 0 Å². The van der Waals surface area contributed by atoms with Crippen molar-refractivity contribution < 1.29 is 13.6 Å². The summed E-state index contributed by atoms with van der Waals surface area (Å²) >= 11 is 0. The molecule has 3 aromatic rings. The van der Waals surface area contributed by atoms with E-state index in [4.69, 9.17) is 8.83 Å². The summed E-state index contributed by atoms with van der Waals surface area (Å²) in [5, 5.41) is 0. The van der Waals surface area contributed by atoms with Gasteiger partial charge in [0, 0.05) is 12.1 Å². The van der Waals surface area contributed by atoms with Crippen LogP contribution in [0.15, 0.2) is 44.2 Å². The van der Waals surface area contributed by atoms with Crippen molar-refractivity contribution in [2.24, 2.45) is 0 Å². The molecule has 0 fully saturated rings. The van der Waals surface area contributed by atoms with Crippen molar-refractivity contribution >= 4 is 16.9 Å². The molecule has 0 aliphatic heterocycles. The average molecular weight is 285 g/mol. The van der Waals surface area contributed by atoms with Gasteiger partial charge in [-0.1, -0.05) is 6.92 Å². The van der Waals surface area contributed by atoms with Gasteiger partial charge in [0.15, 0.2) is 11.4 Å². The van der Waals surface area contributed by atoms with E-state index in [1.807, 2.05) is 6.92 Å². The molecule has 2 heterocycles. The summed E-state index contributed by atoms with van der Waals surface area (Å²) in [5.74, 6) is 0.135. The van der Waals surface area contributed by atoms with Crippen LogP contribution in [0.4, 0.5) is 0 Å². The zero-order chi connectivity index (χ0) is 15.0. The number of fused-ring (bicyclic) bond motifs is 1. The highest BCUT2D eigenvalue weighted by molar-refractivity contribution is 6.10. The topological polar surface area (TPSA) is 65.3 Å². The molecule has 5 heteroatoms. The summed E-state index contributed by atoms with van der Waals surface area (Å²) < 4.78 is 11.9. The van der Waals surface area contributed by atoms with E-state index in [9.17, 15) is 9.59 Å². The lowest BCUT2D eigenvalue weighted by atomic mass is 10.1. The third-order valence-electron chi connectivity index (χ3n) is 3.37. The summed E-state index contributed by atoms with van der Waals surface area (Å²) in [5.41, 5.74) is 2.10. The van der Waals surface area contributed by atoms with Crippen LogP contribution in [-0.2, 0) is 6.54 Å². The smallest absolute Gasteiger partial charge is 0.419 e. The molecule has 0 atom stereocenters. The first-order valence-electron chi connectivity index (χ1n) is 6.83. The number of hydrogen-bond acceptors (Lipinski definition) is 4. The maximum atomic E-state index is 12.3. The SMILES string of the molecule is CCCn1c(=O)oc2cc(C(=O)c3coc(C)c3)ccc21. The fourth-order valence-corrected chi connectivity index (χ4v) is 2.37. The molecule has 0 unspecified atom stereocenters. The minimum Gasteiger partial charge on any atom is -0.469 e. The van der Waals surface area contributed by atoms with Crippen molar-refractivity contribution in [3.8, 4) is 0 Å². The van der Waals surface area contributed by atoms with Crippen LogP contribution < -0.4 is 5.76 Å². The molecule has 0 saturated carbocycles. The Bertz CT molecular complexity index is 866. The van der Waals surface area contributed by atoms with Crippen LogP contribution >= 0.6 is 0 Å². The van der Waals surface area contributed by atoms with Crippen molar-refractivity contribution in [3.63, 3.8) is 0 Å². The Balaban J connectivity index is 2.06. The summed E-state index contributed by atoms with van der Waals surface area (Å²) in [4.78, 5) is 24.1. The fraction of sp³-hybridized carbons (Fsp3) is 0.250. The fourth-order valence-electron chi connectivity index (χ4n) is 2.37. The third-order valence-corrected chi connectivity index (χ3v) is 3.37. The molecular weight excluding hydrogens is 270 g/mol. The lowest BCUT2D eigenvalue weighted by Crippen LogP contribution is -2.13. The maximum Gasteiger partial charge on any atom is 0.419 e. The molecule has 3 rings (SSSR count). The highest BCUT2D eigenvalue weighted by atomic mass is 16.4. The number of benzene rings is 1. The first-order valence-corrected chi connectivity index (χ1v) is 6.83. The zero-order valence-electron chi connectivity index (χ0n) is 11.9. The number of hydrogen-bond donors (Lipinski definition) is 0. The number of aromatic nitrogens is 1. The van der Waals surface area contributed by atoms with Crippen molar-refractivity contribution in [2.75, 3.05) is 0 Å². The highest BCUT2D eigenvalue weighted by Gasteiger charge is 2.15. The van der Waals surface area contributed by atoms with E-state index in [1.165, 1.54) is 6.26 Å². The average Bonchev–Trinajstić information content (AvgIpc) is 3.02. The van der Waals surface area contributed by atoms with Gasteiger partial charge in [0.2, 0.25) is 0 Å². The van der Waals surface area contributed by atoms with Crippen molar-refractivity contribution in [3.05, 3.63) is 58.0 Å². The van der Waals surface area contributed by atoms with Gasteiger partial charge < -0.3 is 8.83 Å². The molecule has 5 nitrogen and oxygen atoms in total. The van der Waals surface area contributed by atoms with Crippen LogP contribution in [0.3, 0.4) is 0 Å². The number of ketones is 1. The van der Waals surface area contributed by atoms with Crippen molar-refractivity contribution in [1.29, 1.82) is 0 Å². The quantitative estimate of drug-likeness (QED) is 0.691. The molecule has 0 N–H and O–H groups in total. The number of oxazole rings is 1. The molecule has 108 valence electrons. The molecule has 1 aromatic carbocycles. The van der Waals surface area contributed by atoms with Gasteiger partial charge in [0.25, 0.3) is 0 Å². The van der Waals surface area contributed by atoms with Crippen LogP contribution in [0, 0.1) is 6.92 Å². The van der Waals surface area contributed by atoms with Crippen LogP contribution in [0.1, 0.15) is 35.0 Å². The number of rotatable bonds is 4. The standard InChI is InChI=1S/C16H15NO4/c1-3-6-17-13-5-4-11(8-14(13)21-16(17)19)15(18)12-7-10(2)20-9-12/h4-5,7-9H,3,6H2,1-2H3. The molecule has 0 saturated heterocycles. The zero-order valence-corrected chi connectivity index (χ0v) is 11.9. The van der Waals surface area contributed by atoms with E-state index in [0.29, 0.717) is 34.5 Å². The van der Waals surface area contributed by atoms with E-state index in [1.54, 1.807) is 35.8 Å². The third kappa shape index (κ3) is 2.31.